The minimum atomic E-state index is 0.460. The average molecular weight is 286 g/mol. The Hall–Kier alpha value is -0.860. The normalized spacial score (nSPS) is 27.6. The number of benzene rings is 1. The molecule has 2 fully saturated rings. The molecular formula is C19H30N2. The van der Waals surface area contributed by atoms with Gasteiger partial charge >= 0.3 is 0 Å². The Balaban J connectivity index is 1.66. The van der Waals surface area contributed by atoms with Crippen LogP contribution in [0.5, 0.6) is 0 Å². The van der Waals surface area contributed by atoms with Crippen LogP contribution < -0.4 is 5.32 Å². The topological polar surface area (TPSA) is 15.3 Å². The van der Waals surface area contributed by atoms with E-state index in [0.29, 0.717) is 12.1 Å². The highest BCUT2D eigenvalue weighted by molar-refractivity contribution is 5.38. The van der Waals surface area contributed by atoms with Crippen LogP contribution >= 0.6 is 0 Å². The second kappa shape index (κ2) is 6.10. The molecule has 2 heterocycles. The summed E-state index contributed by atoms with van der Waals surface area (Å²) in [5.74, 6) is 0. The monoisotopic (exact) mass is 286 g/mol. The number of nitrogens with zero attached hydrogens (tertiary/aromatic N) is 1. The molecule has 0 amide bonds. The van der Waals surface area contributed by atoms with E-state index in [-0.39, 0.29) is 0 Å². The summed E-state index contributed by atoms with van der Waals surface area (Å²) in [5.41, 5.74) is 5.72. The van der Waals surface area contributed by atoms with Crippen molar-refractivity contribution in [2.75, 3.05) is 13.1 Å². The van der Waals surface area contributed by atoms with Crippen molar-refractivity contribution in [2.24, 2.45) is 0 Å². The predicted molar refractivity (Wildman–Crippen MR) is 89.8 cm³/mol. The van der Waals surface area contributed by atoms with Gasteiger partial charge < -0.3 is 10.2 Å². The molecule has 2 saturated heterocycles. The molecule has 116 valence electrons. The lowest BCUT2D eigenvalue weighted by Gasteiger charge is -2.36. The predicted octanol–water partition coefficient (Wildman–Crippen LogP) is 3.89. The SMILES string of the molecule is Cc1cc(C)c(C(C)NC2CCN3CCCC3C2)cc1C. The van der Waals surface area contributed by atoms with Gasteiger partial charge in [-0.3, -0.25) is 0 Å². The molecule has 3 unspecified atom stereocenters. The average Bonchev–Trinajstić information content (AvgIpc) is 2.90. The summed E-state index contributed by atoms with van der Waals surface area (Å²) in [6, 6.07) is 6.72. The minimum Gasteiger partial charge on any atom is -0.307 e. The van der Waals surface area contributed by atoms with Gasteiger partial charge in [-0.1, -0.05) is 12.1 Å². The number of piperidine rings is 1. The van der Waals surface area contributed by atoms with Gasteiger partial charge in [0, 0.05) is 18.1 Å². The van der Waals surface area contributed by atoms with Crippen molar-refractivity contribution in [1.29, 1.82) is 0 Å². The van der Waals surface area contributed by atoms with Crippen LogP contribution in [0.1, 0.15) is 60.9 Å². The molecule has 0 aromatic heterocycles. The molecule has 3 atom stereocenters. The number of rotatable bonds is 3. The van der Waals surface area contributed by atoms with Gasteiger partial charge in [-0.15, -0.1) is 0 Å². The molecule has 2 aliphatic heterocycles. The number of nitrogens with one attached hydrogen (secondary N) is 1. The van der Waals surface area contributed by atoms with Crippen LogP contribution in [0.4, 0.5) is 0 Å². The quantitative estimate of drug-likeness (QED) is 0.907. The number of fused-ring (bicyclic) bond motifs is 1. The maximum Gasteiger partial charge on any atom is 0.0297 e. The van der Waals surface area contributed by atoms with Crippen molar-refractivity contribution >= 4 is 0 Å². The zero-order valence-corrected chi connectivity index (χ0v) is 14.1. The van der Waals surface area contributed by atoms with Gasteiger partial charge in [0.1, 0.15) is 0 Å². The van der Waals surface area contributed by atoms with Gasteiger partial charge in [-0.25, -0.2) is 0 Å². The second-order valence-corrected chi connectivity index (χ2v) is 7.23. The molecular weight excluding hydrogens is 256 g/mol. The van der Waals surface area contributed by atoms with Crippen molar-refractivity contribution in [3.63, 3.8) is 0 Å². The van der Waals surface area contributed by atoms with Crippen LogP contribution in [0.15, 0.2) is 12.1 Å². The lowest BCUT2D eigenvalue weighted by atomic mass is 9.93. The third-order valence-corrected chi connectivity index (χ3v) is 5.66. The van der Waals surface area contributed by atoms with Crippen LogP contribution in [-0.4, -0.2) is 30.1 Å². The Morgan fingerprint density at radius 3 is 2.62 bits per heavy atom. The maximum atomic E-state index is 3.91. The van der Waals surface area contributed by atoms with E-state index in [9.17, 15) is 0 Å². The van der Waals surface area contributed by atoms with Crippen molar-refractivity contribution < 1.29 is 0 Å². The summed E-state index contributed by atoms with van der Waals surface area (Å²) >= 11 is 0. The second-order valence-electron chi connectivity index (χ2n) is 7.23. The van der Waals surface area contributed by atoms with Crippen molar-refractivity contribution in [3.8, 4) is 0 Å². The molecule has 2 nitrogen and oxygen atoms in total. The lowest BCUT2D eigenvalue weighted by Crippen LogP contribution is -2.46. The number of hydrogen-bond acceptors (Lipinski definition) is 2. The standard InChI is InChI=1S/C19H30N2/c1-13-10-15(3)19(11-14(13)2)16(4)20-17-7-9-21-8-5-6-18(21)12-17/h10-11,16-18,20H,5-9,12H2,1-4H3. The van der Waals surface area contributed by atoms with E-state index in [2.05, 4.69) is 50.0 Å². The van der Waals surface area contributed by atoms with Crippen molar-refractivity contribution in [3.05, 3.63) is 34.4 Å². The number of aryl methyl sites for hydroxylation is 3. The highest BCUT2D eigenvalue weighted by Crippen LogP contribution is 2.29. The Kier molecular flexibility index (Phi) is 4.37. The van der Waals surface area contributed by atoms with Crippen LogP contribution in [0.25, 0.3) is 0 Å². The van der Waals surface area contributed by atoms with Gasteiger partial charge in [-0.05, 0) is 88.7 Å². The lowest BCUT2D eigenvalue weighted by molar-refractivity contribution is 0.162. The van der Waals surface area contributed by atoms with Gasteiger partial charge in [0.15, 0.2) is 0 Å². The summed E-state index contributed by atoms with van der Waals surface area (Å²) in [6.45, 7) is 11.6. The molecule has 1 aromatic rings. The van der Waals surface area contributed by atoms with E-state index in [4.69, 9.17) is 0 Å². The maximum absolute atomic E-state index is 3.91. The molecule has 1 aromatic carbocycles. The van der Waals surface area contributed by atoms with Crippen molar-refractivity contribution in [1.82, 2.24) is 10.2 Å². The fraction of sp³-hybridized carbons (Fsp3) is 0.684. The van der Waals surface area contributed by atoms with Crippen LogP contribution in [0.3, 0.4) is 0 Å². The Morgan fingerprint density at radius 2 is 1.81 bits per heavy atom. The van der Waals surface area contributed by atoms with E-state index >= 15 is 0 Å². The summed E-state index contributed by atoms with van der Waals surface area (Å²) in [7, 11) is 0. The Morgan fingerprint density at radius 1 is 1.05 bits per heavy atom. The first kappa shape index (κ1) is 15.1. The van der Waals surface area contributed by atoms with Crippen LogP contribution in [-0.2, 0) is 0 Å². The van der Waals surface area contributed by atoms with Crippen LogP contribution in [0, 0.1) is 20.8 Å². The van der Waals surface area contributed by atoms with E-state index in [1.165, 1.54) is 61.0 Å². The number of hydrogen-bond donors (Lipinski definition) is 1. The Labute approximate surface area is 129 Å². The Bertz CT molecular complexity index is 509. The van der Waals surface area contributed by atoms with Crippen molar-refractivity contribution in [2.45, 2.75) is 71.5 Å². The first-order valence-corrected chi connectivity index (χ1v) is 8.62. The molecule has 0 spiro atoms. The molecule has 0 bridgehead atoms. The molecule has 0 saturated carbocycles. The fourth-order valence-electron chi connectivity index (χ4n) is 4.27. The first-order valence-electron chi connectivity index (χ1n) is 8.62. The van der Waals surface area contributed by atoms with Crippen LogP contribution in [0.2, 0.25) is 0 Å². The largest absolute Gasteiger partial charge is 0.307 e. The van der Waals surface area contributed by atoms with E-state index in [0.717, 1.165) is 6.04 Å². The molecule has 21 heavy (non-hydrogen) atoms. The third-order valence-electron chi connectivity index (χ3n) is 5.66. The van der Waals surface area contributed by atoms with Gasteiger partial charge in [-0.2, -0.15) is 0 Å². The molecule has 0 radical (unpaired) electrons. The molecule has 3 rings (SSSR count). The van der Waals surface area contributed by atoms with Gasteiger partial charge in [0.25, 0.3) is 0 Å². The summed E-state index contributed by atoms with van der Waals surface area (Å²) in [5, 5.41) is 3.91. The first-order chi connectivity index (χ1) is 10.0. The zero-order chi connectivity index (χ0) is 15.0. The fourth-order valence-corrected chi connectivity index (χ4v) is 4.27. The van der Waals surface area contributed by atoms with Gasteiger partial charge in [0.05, 0.1) is 0 Å². The highest BCUT2D eigenvalue weighted by Gasteiger charge is 2.32. The molecule has 1 N–H and O–H groups in total. The summed E-state index contributed by atoms with van der Waals surface area (Å²) in [6.07, 6.45) is 5.47. The molecule has 0 aliphatic carbocycles. The van der Waals surface area contributed by atoms with E-state index < -0.39 is 0 Å². The van der Waals surface area contributed by atoms with Gasteiger partial charge in [0.2, 0.25) is 0 Å². The highest BCUT2D eigenvalue weighted by atomic mass is 15.2. The van der Waals surface area contributed by atoms with E-state index in [1.54, 1.807) is 0 Å². The summed E-state index contributed by atoms with van der Waals surface area (Å²) in [4.78, 5) is 2.70. The zero-order valence-electron chi connectivity index (χ0n) is 14.1. The summed E-state index contributed by atoms with van der Waals surface area (Å²) < 4.78 is 0. The molecule has 2 aliphatic rings. The van der Waals surface area contributed by atoms with E-state index in [1.807, 2.05) is 0 Å². The molecule has 2 heteroatoms. The third kappa shape index (κ3) is 3.17. The smallest absolute Gasteiger partial charge is 0.0297 e. The minimum absolute atomic E-state index is 0.460.